The van der Waals surface area contributed by atoms with Crippen LogP contribution in [0.5, 0.6) is 0 Å². The van der Waals surface area contributed by atoms with Crippen LogP contribution < -0.4 is 0 Å². The lowest BCUT2D eigenvalue weighted by Gasteiger charge is -1.91. The van der Waals surface area contributed by atoms with Crippen molar-refractivity contribution >= 4 is 6.29 Å². The highest BCUT2D eigenvalue weighted by molar-refractivity contribution is 5.78. The number of nitro groups is 1. The molecule has 0 aliphatic rings. The molecule has 0 atom stereocenters. The second-order valence-corrected chi connectivity index (χ2v) is 1.92. The quantitative estimate of drug-likeness (QED) is 0.209. The Bertz CT molecular complexity index is 263. The van der Waals surface area contributed by atoms with Gasteiger partial charge in [-0.15, -0.1) is 0 Å². The van der Waals surface area contributed by atoms with E-state index < -0.39 is 4.92 Å². The molecule has 0 radical (unpaired) electrons. The number of nitrogens with zero attached hydrogens (tertiary/aromatic N) is 1. The standard InChI is InChI=1S/C8H9NO3/c1-3-5-7(6-10)8(4-2)9(11)12/h3-6H,2H2,1H3/b5-3-,8-7-. The maximum atomic E-state index is 10.3. The van der Waals surface area contributed by atoms with Gasteiger partial charge in [-0.05, 0) is 13.0 Å². The fourth-order valence-electron chi connectivity index (χ4n) is 0.662. The van der Waals surface area contributed by atoms with Crippen LogP contribution in [-0.4, -0.2) is 11.2 Å². The van der Waals surface area contributed by atoms with E-state index in [0.29, 0.717) is 6.29 Å². The van der Waals surface area contributed by atoms with Crippen molar-refractivity contribution in [2.24, 2.45) is 0 Å². The Morgan fingerprint density at radius 3 is 2.42 bits per heavy atom. The summed E-state index contributed by atoms with van der Waals surface area (Å²) in [6.45, 7) is 4.91. The van der Waals surface area contributed by atoms with Crippen molar-refractivity contribution in [3.05, 3.63) is 46.2 Å². The van der Waals surface area contributed by atoms with Gasteiger partial charge in [-0.1, -0.05) is 12.7 Å². The molecule has 0 unspecified atom stereocenters. The number of carbonyl (C=O) groups excluding carboxylic acids is 1. The highest BCUT2D eigenvalue weighted by Crippen LogP contribution is 2.05. The number of allylic oxidation sites excluding steroid dienone is 4. The van der Waals surface area contributed by atoms with Gasteiger partial charge in [0.25, 0.3) is 5.70 Å². The topological polar surface area (TPSA) is 60.2 Å². The summed E-state index contributed by atoms with van der Waals surface area (Å²) < 4.78 is 0. The number of carbonyl (C=O) groups is 1. The molecule has 0 fully saturated rings. The van der Waals surface area contributed by atoms with E-state index in [1.54, 1.807) is 13.0 Å². The first-order valence-electron chi connectivity index (χ1n) is 3.26. The molecule has 0 rings (SSSR count). The van der Waals surface area contributed by atoms with E-state index in [0.717, 1.165) is 6.08 Å². The molecule has 0 aromatic carbocycles. The van der Waals surface area contributed by atoms with Gasteiger partial charge in [0.1, 0.15) is 0 Å². The summed E-state index contributed by atoms with van der Waals surface area (Å²) in [7, 11) is 0. The first kappa shape index (κ1) is 10.3. The van der Waals surface area contributed by atoms with Crippen molar-refractivity contribution in [3.8, 4) is 0 Å². The van der Waals surface area contributed by atoms with Crippen LogP contribution in [0, 0.1) is 10.1 Å². The highest BCUT2D eigenvalue weighted by atomic mass is 16.6. The molecule has 0 saturated heterocycles. The van der Waals surface area contributed by atoms with Crippen LogP contribution >= 0.6 is 0 Å². The third-order valence-electron chi connectivity index (χ3n) is 1.16. The van der Waals surface area contributed by atoms with Crippen LogP contribution in [0.1, 0.15) is 6.92 Å². The molecule has 4 heteroatoms. The summed E-state index contributed by atoms with van der Waals surface area (Å²) in [5.41, 5.74) is -0.249. The zero-order valence-corrected chi connectivity index (χ0v) is 6.69. The molecule has 0 aliphatic carbocycles. The van der Waals surface area contributed by atoms with Crippen LogP contribution in [0.2, 0.25) is 0 Å². The van der Waals surface area contributed by atoms with Crippen LogP contribution in [0.15, 0.2) is 36.1 Å². The lowest BCUT2D eigenvalue weighted by Crippen LogP contribution is -2.00. The van der Waals surface area contributed by atoms with Gasteiger partial charge in [0.15, 0.2) is 6.29 Å². The van der Waals surface area contributed by atoms with Gasteiger partial charge >= 0.3 is 0 Å². The predicted molar refractivity (Wildman–Crippen MR) is 45.1 cm³/mol. The highest BCUT2D eigenvalue weighted by Gasteiger charge is 2.10. The smallest absolute Gasteiger partial charge is 0.279 e. The molecule has 12 heavy (non-hydrogen) atoms. The van der Waals surface area contributed by atoms with Gasteiger partial charge in [0.05, 0.1) is 10.5 Å². The molecule has 4 nitrogen and oxygen atoms in total. The van der Waals surface area contributed by atoms with Gasteiger partial charge in [-0.25, -0.2) is 0 Å². The summed E-state index contributed by atoms with van der Waals surface area (Å²) in [4.78, 5) is 20.0. The minimum absolute atomic E-state index is 0.0255. The molecule has 0 heterocycles. The molecule has 0 saturated carbocycles. The minimum atomic E-state index is -0.642. The lowest BCUT2D eigenvalue weighted by atomic mass is 10.2. The van der Waals surface area contributed by atoms with Gasteiger partial charge in [0, 0.05) is 6.08 Å². The van der Waals surface area contributed by atoms with Crippen LogP contribution in [0.4, 0.5) is 0 Å². The Morgan fingerprint density at radius 1 is 1.58 bits per heavy atom. The largest absolute Gasteiger partial charge is 0.298 e. The van der Waals surface area contributed by atoms with E-state index in [4.69, 9.17) is 0 Å². The summed E-state index contributed by atoms with van der Waals surface area (Å²) >= 11 is 0. The first-order valence-corrected chi connectivity index (χ1v) is 3.26. The normalized spacial score (nSPS) is 12.4. The van der Waals surface area contributed by atoms with Gasteiger partial charge in [-0.3, -0.25) is 14.9 Å². The summed E-state index contributed by atoms with van der Waals surface area (Å²) in [5.74, 6) is 0. The Morgan fingerprint density at radius 2 is 2.17 bits per heavy atom. The summed E-state index contributed by atoms with van der Waals surface area (Å²) in [6.07, 6.45) is 4.40. The summed E-state index contributed by atoms with van der Waals surface area (Å²) in [5, 5.41) is 10.3. The van der Waals surface area contributed by atoms with Crippen molar-refractivity contribution < 1.29 is 9.72 Å². The molecule has 0 aliphatic heterocycles. The second-order valence-electron chi connectivity index (χ2n) is 1.92. The van der Waals surface area contributed by atoms with Crippen molar-refractivity contribution in [3.63, 3.8) is 0 Å². The third kappa shape index (κ3) is 2.49. The fraction of sp³-hybridized carbons (Fsp3) is 0.125. The third-order valence-corrected chi connectivity index (χ3v) is 1.16. The van der Waals surface area contributed by atoms with Gasteiger partial charge in [0.2, 0.25) is 0 Å². The number of aldehydes is 1. The molecule has 0 aromatic rings. The van der Waals surface area contributed by atoms with Gasteiger partial charge < -0.3 is 0 Å². The first-order chi connectivity index (χ1) is 5.67. The molecule has 0 amide bonds. The predicted octanol–water partition coefficient (Wildman–Crippen LogP) is 1.48. The Hall–Kier alpha value is -1.71. The molecular weight excluding hydrogens is 158 g/mol. The SMILES string of the molecule is C=C/C(=C(C=O)\C=C/C)[N+](=O)[O-]. The van der Waals surface area contributed by atoms with E-state index in [2.05, 4.69) is 6.58 Å². The lowest BCUT2D eigenvalue weighted by molar-refractivity contribution is -0.419. The Kier molecular flexibility index (Phi) is 4.30. The zero-order chi connectivity index (χ0) is 9.56. The Balaban J connectivity index is 5.14. The maximum Gasteiger partial charge on any atom is 0.279 e. The zero-order valence-electron chi connectivity index (χ0n) is 6.69. The summed E-state index contributed by atoms with van der Waals surface area (Å²) in [6, 6.07) is 0. The molecule has 0 aromatic heterocycles. The van der Waals surface area contributed by atoms with Crippen LogP contribution in [-0.2, 0) is 4.79 Å². The van der Waals surface area contributed by atoms with E-state index in [-0.39, 0.29) is 11.3 Å². The average molecular weight is 167 g/mol. The average Bonchev–Trinajstić information content (AvgIpc) is 2.03. The second kappa shape index (κ2) is 5.01. The number of rotatable bonds is 4. The van der Waals surface area contributed by atoms with E-state index in [1.165, 1.54) is 6.08 Å². The minimum Gasteiger partial charge on any atom is -0.298 e. The van der Waals surface area contributed by atoms with Crippen molar-refractivity contribution in [2.75, 3.05) is 0 Å². The van der Waals surface area contributed by atoms with E-state index in [1.807, 2.05) is 0 Å². The number of hydrogen-bond acceptors (Lipinski definition) is 3. The molecule has 0 N–H and O–H groups in total. The monoisotopic (exact) mass is 167 g/mol. The number of hydrogen-bond donors (Lipinski definition) is 0. The molecular formula is C8H9NO3. The van der Waals surface area contributed by atoms with E-state index in [9.17, 15) is 14.9 Å². The van der Waals surface area contributed by atoms with Crippen molar-refractivity contribution in [2.45, 2.75) is 6.92 Å². The van der Waals surface area contributed by atoms with E-state index >= 15 is 0 Å². The van der Waals surface area contributed by atoms with Crippen LogP contribution in [0.25, 0.3) is 0 Å². The van der Waals surface area contributed by atoms with Crippen molar-refractivity contribution in [1.29, 1.82) is 0 Å². The Labute approximate surface area is 70.0 Å². The molecule has 0 spiro atoms. The van der Waals surface area contributed by atoms with Crippen LogP contribution in [0.3, 0.4) is 0 Å². The maximum absolute atomic E-state index is 10.3. The molecule has 0 bridgehead atoms. The van der Waals surface area contributed by atoms with Crippen molar-refractivity contribution in [1.82, 2.24) is 0 Å². The molecule has 64 valence electrons. The van der Waals surface area contributed by atoms with Gasteiger partial charge in [-0.2, -0.15) is 0 Å². The fourth-order valence-corrected chi connectivity index (χ4v) is 0.662.